The third-order valence-corrected chi connectivity index (χ3v) is 6.99. The van der Waals surface area contributed by atoms with Crippen LogP contribution in [0.5, 0.6) is 5.75 Å². The molecule has 5 aromatic rings. The molecule has 0 amide bonds. The lowest BCUT2D eigenvalue weighted by atomic mass is 10.0. The molecule has 0 bridgehead atoms. The summed E-state index contributed by atoms with van der Waals surface area (Å²) in [5, 5.41) is 14.3. The number of fused-ring (bicyclic) bond motifs is 1. The second-order valence-corrected chi connectivity index (χ2v) is 9.74. The summed E-state index contributed by atoms with van der Waals surface area (Å²) >= 11 is 6.51. The van der Waals surface area contributed by atoms with Gasteiger partial charge in [0.2, 0.25) is 0 Å². The third kappa shape index (κ3) is 5.79. The van der Waals surface area contributed by atoms with E-state index >= 15 is 0 Å². The molecule has 2 heterocycles. The van der Waals surface area contributed by atoms with Crippen LogP contribution in [-0.2, 0) is 11.3 Å². The second kappa shape index (κ2) is 11.3. The summed E-state index contributed by atoms with van der Waals surface area (Å²) in [5.41, 5.74) is 4.89. The lowest BCUT2D eigenvalue weighted by Crippen LogP contribution is -2.36. The van der Waals surface area contributed by atoms with Crippen LogP contribution >= 0.6 is 11.6 Å². The van der Waals surface area contributed by atoms with Crippen molar-refractivity contribution in [3.8, 4) is 16.9 Å². The summed E-state index contributed by atoms with van der Waals surface area (Å²) in [6, 6.07) is 26.6. The van der Waals surface area contributed by atoms with E-state index in [1.54, 1.807) is 30.5 Å². The van der Waals surface area contributed by atoms with Crippen LogP contribution in [0.2, 0.25) is 5.02 Å². The lowest BCUT2D eigenvalue weighted by Gasteiger charge is -2.29. The number of morpholine rings is 1. The zero-order valence-electron chi connectivity index (χ0n) is 21.1. The van der Waals surface area contributed by atoms with Crippen LogP contribution in [0.3, 0.4) is 0 Å². The van der Waals surface area contributed by atoms with Gasteiger partial charge in [-0.3, -0.25) is 0 Å². The van der Waals surface area contributed by atoms with Crippen molar-refractivity contribution in [1.29, 1.82) is 0 Å². The van der Waals surface area contributed by atoms with Gasteiger partial charge in [-0.1, -0.05) is 48.0 Å². The highest BCUT2D eigenvalue weighted by atomic mass is 35.5. The van der Waals surface area contributed by atoms with E-state index in [2.05, 4.69) is 62.9 Å². The third-order valence-electron chi connectivity index (χ3n) is 6.70. The highest BCUT2D eigenvalue weighted by Crippen LogP contribution is 2.33. The number of hydrogen-bond donors (Lipinski definition) is 1. The zero-order chi connectivity index (χ0) is 26.6. The number of ether oxygens (including phenoxy) is 2. The Morgan fingerprint density at radius 2 is 1.77 bits per heavy atom. The fourth-order valence-corrected chi connectivity index (χ4v) is 4.91. The number of benzene rings is 4. The molecule has 4 aromatic carbocycles. The molecule has 0 saturated carbocycles. The number of nitrogens with one attached hydrogen (secondary N) is 1. The van der Waals surface area contributed by atoms with Crippen molar-refractivity contribution in [1.82, 2.24) is 10.2 Å². The SMILES string of the molecule is Fc1cccc(COc2ccc(Nc3nncc4ccc(-c5cccc(N6CCOCC6)c5)cc34)cc2Cl)c1. The van der Waals surface area contributed by atoms with E-state index in [0.717, 1.165) is 59.5 Å². The van der Waals surface area contributed by atoms with Crippen molar-refractivity contribution in [3.63, 3.8) is 0 Å². The number of nitrogens with zero attached hydrogens (tertiary/aromatic N) is 3. The molecule has 1 saturated heterocycles. The van der Waals surface area contributed by atoms with E-state index in [0.29, 0.717) is 16.6 Å². The molecule has 39 heavy (non-hydrogen) atoms. The Hall–Kier alpha value is -4.20. The molecule has 6 rings (SSSR count). The summed E-state index contributed by atoms with van der Waals surface area (Å²) in [7, 11) is 0. The number of rotatable bonds is 7. The summed E-state index contributed by atoms with van der Waals surface area (Å²) in [5.74, 6) is 0.840. The normalized spacial score (nSPS) is 13.4. The van der Waals surface area contributed by atoms with Crippen molar-refractivity contribution in [2.45, 2.75) is 6.61 Å². The highest BCUT2D eigenvalue weighted by Gasteiger charge is 2.13. The van der Waals surface area contributed by atoms with E-state index in [1.165, 1.54) is 17.8 Å². The average molecular weight is 541 g/mol. The number of aromatic nitrogens is 2. The largest absolute Gasteiger partial charge is 0.487 e. The number of hydrogen-bond acceptors (Lipinski definition) is 6. The van der Waals surface area contributed by atoms with E-state index in [9.17, 15) is 4.39 Å². The van der Waals surface area contributed by atoms with Gasteiger partial charge in [0, 0.05) is 35.2 Å². The molecule has 0 spiro atoms. The van der Waals surface area contributed by atoms with Crippen LogP contribution in [0, 0.1) is 5.82 Å². The lowest BCUT2D eigenvalue weighted by molar-refractivity contribution is 0.122. The van der Waals surface area contributed by atoms with Gasteiger partial charge in [-0.2, -0.15) is 5.10 Å². The molecule has 196 valence electrons. The van der Waals surface area contributed by atoms with Gasteiger partial charge in [-0.15, -0.1) is 5.10 Å². The summed E-state index contributed by atoms with van der Waals surface area (Å²) in [6.45, 7) is 3.49. The van der Waals surface area contributed by atoms with E-state index in [-0.39, 0.29) is 12.4 Å². The molecular formula is C31H26ClFN4O2. The van der Waals surface area contributed by atoms with Crippen molar-refractivity contribution >= 4 is 39.6 Å². The zero-order valence-corrected chi connectivity index (χ0v) is 21.9. The molecule has 0 aliphatic carbocycles. The maximum atomic E-state index is 13.5. The Morgan fingerprint density at radius 3 is 2.62 bits per heavy atom. The molecule has 8 heteroatoms. The van der Waals surface area contributed by atoms with Crippen molar-refractivity contribution in [2.75, 3.05) is 36.5 Å². The summed E-state index contributed by atoms with van der Waals surface area (Å²) in [4.78, 5) is 2.35. The fraction of sp³-hybridized carbons (Fsp3) is 0.161. The first-order valence-corrected chi connectivity index (χ1v) is 13.1. The van der Waals surface area contributed by atoms with Crippen molar-refractivity contribution in [3.05, 3.63) is 108 Å². The predicted molar refractivity (Wildman–Crippen MR) is 153 cm³/mol. The number of halogens is 2. The molecule has 1 fully saturated rings. The fourth-order valence-electron chi connectivity index (χ4n) is 4.67. The molecule has 1 aromatic heterocycles. The Kier molecular flexibility index (Phi) is 7.25. The van der Waals surface area contributed by atoms with E-state index in [1.807, 2.05) is 6.07 Å². The molecule has 1 N–H and O–H groups in total. The molecule has 0 radical (unpaired) electrons. The van der Waals surface area contributed by atoms with Crippen LogP contribution in [0.1, 0.15) is 5.56 Å². The van der Waals surface area contributed by atoms with Crippen LogP contribution in [0.4, 0.5) is 21.6 Å². The quantitative estimate of drug-likeness (QED) is 0.235. The maximum Gasteiger partial charge on any atom is 0.160 e. The summed E-state index contributed by atoms with van der Waals surface area (Å²) in [6.07, 6.45) is 1.75. The minimum absolute atomic E-state index is 0.217. The van der Waals surface area contributed by atoms with Gasteiger partial charge in [0.25, 0.3) is 0 Å². The Labute approximate surface area is 231 Å². The standard InChI is InChI=1S/C31H26ClFN4O2/c32-29-18-26(9-10-30(29)39-20-21-3-1-5-25(33)15-21)35-31-28-17-23(7-8-24(28)19-34-36-31)22-4-2-6-27(16-22)37-11-13-38-14-12-37/h1-10,15-19H,11-14,20H2,(H,35,36). The first kappa shape index (κ1) is 25.1. The summed E-state index contributed by atoms with van der Waals surface area (Å²) < 4.78 is 24.8. The van der Waals surface area contributed by atoms with Gasteiger partial charge in [0.15, 0.2) is 5.82 Å². The van der Waals surface area contributed by atoms with Gasteiger partial charge in [-0.25, -0.2) is 4.39 Å². The number of anilines is 3. The predicted octanol–water partition coefficient (Wildman–Crippen LogP) is 7.25. The Balaban J connectivity index is 1.23. The second-order valence-electron chi connectivity index (χ2n) is 9.33. The van der Waals surface area contributed by atoms with Gasteiger partial charge in [0.1, 0.15) is 18.2 Å². The van der Waals surface area contributed by atoms with E-state index < -0.39 is 0 Å². The first-order chi connectivity index (χ1) is 19.1. The molecular weight excluding hydrogens is 515 g/mol. The highest BCUT2D eigenvalue weighted by molar-refractivity contribution is 6.32. The van der Waals surface area contributed by atoms with Crippen LogP contribution in [-0.4, -0.2) is 36.5 Å². The van der Waals surface area contributed by atoms with Crippen molar-refractivity contribution in [2.24, 2.45) is 0 Å². The minimum Gasteiger partial charge on any atom is -0.487 e. The molecule has 0 unspecified atom stereocenters. The van der Waals surface area contributed by atoms with Gasteiger partial charge in [0.05, 0.1) is 24.4 Å². The first-order valence-electron chi connectivity index (χ1n) is 12.7. The topological polar surface area (TPSA) is 59.5 Å². The maximum absolute atomic E-state index is 13.5. The van der Waals surface area contributed by atoms with Gasteiger partial charge in [-0.05, 0) is 65.2 Å². The molecule has 1 aliphatic heterocycles. The average Bonchev–Trinajstić information content (AvgIpc) is 2.97. The molecule has 1 aliphatic rings. The van der Waals surface area contributed by atoms with Crippen LogP contribution in [0.15, 0.2) is 91.1 Å². The minimum atomic E-state index is -0.300. The molecule has 6 nitrogen and oxygen atoms in total. The monoisotopic (exact) mass is 540 g/mol. The smallest absolute Gasteiger partial charge is 0.160 e. The van der Waals surface area contributed by atoms with Crippen LogP contribution < -0.4 is 15.0 Å². The Morgan fingerprint density at radius 1 is 0.923 bits per heavy atom. The van der Waals surface area contributed by atoms with Crippen LogP contribution in [0.25, 0.3) is 21.9 Å². The Bertz CT molecular complexity index is 1620. The van der Waals surface area contributed by atoms with Crippen molar-refractivity contribution < 1.29 is 13.9 Å². The molecule has 0 atom stereocenters. The van der Waals surface area contributed by atoms with E-state index in [4.69, 9.17) is 21.1 Å². The van der Waals surface area contributed by atoms with Gasteiger partial charge < -0.3 is 19.7 Å². The van der Waals surface area contributed by atoms with Gasteiger partial charge >= 0.3 is 0 Å².